The first kappa shape index (κ1) is 26.6. The van der Waals surface area contributed by atoms with Crippen LogP contribution in [0.5, 0.6) is 0 Å². The molecule has 1 saturated heterocycles. The van der Waals surface area contributed by atoms with Gasteiger partial charge in [-0.05, 0) is 69.8 Å². The Morgan fingerprint density at radius 2 is 1.80 bits per heavy atom. The Morgan fingerprint density at radius 3 is 2.46 bits per heavy atom. The number of esters is 1. The number of nitrogens with zero attached hydrogens (tertiary/aromatic N) is 1. The maximum atomic E-state index is 13.4. The van der Waals surface area contributed by atoms with Crippen LogP contribution in [0.1, 0.15) is 44.7 Å². The highest BCUT2D eigenvalue weighted by atomic mass is 19.1. The smallest absolute Gasteiger partial charge is 0.407 e. The molecule has 2 aromatic carbocycles. The number of likely N-dealkylation sites (tertiary alicyclic amines) is 1. The van der Waals surface area contributed by atoms with E-state index in [2.05, 4.69) is 5.32 Å². The van der Waals surface area contributed by atoms with Crippen LogP contribution in [-0.4, -0.2) is 58.9 Å². The number of β-amino-alcohol motifs (C(OH)–C–C–N with tert-alkyl or cyclic N) is 1. The Hall–Kier alpha value is -2.97. The zero-order valence-corrected chi connectivity index (χ0v) is 20.6. The number of hydrogen-bond donors (Lipinski definition) is 2. The van der Waals surface area contributed by atoms with Gasteiger partial charge in [-0.15, -0.1) is 0 Å². The van der Waals surface area contributed by atoms with Gasteiger partial charge in [0.25, 0.3) is 0 Å². The Balaban J connectivity index is 1.66. The molecule has 2 aromatic rings. The number of rotatable bonds is 9. The van der Waals surface area contributed by atoms with E-state index in [0.29, 0.717) is 13.0 Å². The minimum absolute atomic E-state index is 0.0961. The van der Waals surface area contributed by atoms with E-state index in [1.165, 1.54) is 12.1 Å². The van der Waals surface area contributed by atoms with Crippen molar-refractivity contribution in [2.24, 2.45) is 0 Å². The summed E-state index contributed by atoms with van der Waals surface area (Å²) in [6.07, 6.45) is 0.0765. The van der Waals surface area contributed by atoms with Crippen molar-refractivity contribution in [3.05, 3.63) is 71.5 Å². The summed E-state index contributed by atoms with van der Waals surface area (Å²) in [6.45, 7) is 6.38. The maximum absolute atomic E-state index is 13.4. The molecule has 190 valence electrons. The summed E-state index contributed by atoms with van der Waals surface area (Å²) in [5.41, 5.74) is 0.999. The van der Waals surface area contributed by atoms with Crippen molar-refractivity contribution in [3.8, 4) is 0 Å². The van der Waals surface area contributed by atoms with Crippen LogP contribution >= 0.6 is 0 Å². The molecule has 2 N–H and O–H groups in total. The van der Waals surface area contributed by atoms with Crippen molar-refractivity contribution in [1.82, 2.24) is 10.2 Å². The number of aliphatic hydroxyl groups excluding tert-OH is 1. The topological polar surface area (TPSA) is 88.1 Å². The first-order valence-corrected chi connectivity index (χ1v) is 12.0. The molecule has 3 atom stereocenters. The molecule has 8 heteroatoms. The zero-order valence-electron chi connectivity index (χ0n) is 20.6. The number of carbonyl (C=O) groups is 2. The summed E-state index contributed by atoms with van der Waals surface area (Å²) in [5.74, 6) is -0.675. The van der Waals surface area contributed by atoms with E-state index in [1.54, 1.807) is 12.1 Å². The van der Waals surface area contributed by atoms with Crippen LogP contribution in [-0.2, 0) is 27.3 Å². The van der Waals surface area contributed by atoms with E-state index in [9.17, 15) is 19.1 Å². The van der Waals surface area contributed by atoms with Crippen LogP contribution in [0.4, 0.5) is 9.18 Å². The van der Waals surface area contributed by atoms with Gasteiger partial charge in [0.15, 0.2) is 0 Å². The summed E-state index contributed by atoms with van der Waals surface area (Å²) in [5, 5.41) is 13.9. The van der Waals surface area contributed by atoms with Crippen LogP contribution in [0.3, 0.4) is 0 Å². The van der Waals surface area contributed by atoms with Gasteiger partial charge < -0.3 is 19.9 Å². The van der Waals surface area contributed by atoms with E-state index in [-0.39, 0.29) is 31.4 Å². The molecule has 3 rings (SSSR count). The van der Waals surface area contributed by atoms with Gasteiger partial charge in [0.05, 0.1) is 12.1 Å². The van der Waals surface area contributed by atoms with Crippen LogP contribution < -0.4 is 5.32 Å². The van der Waals surface area contributed by atoms with Crippen LogP contribution in [0.2, 0.25) is 0 Å². The fourth-order valence-electron chi connectivity index (χ4n) is 4.12. The number of aliphatic hydroxyl groups is 1. The maximum Gasteiger partial charge on any atom is 0.407 e. The third-order valence-corrected chi connectivity index (χ3v) is 5.81. The Kier molecular flexibility index (Phi) is 9.23. The number of ether oxygens (including phenoxy) is 2. The van der Waals surface area contributed by atoms with Gasteiger partial charge in [0.2, 0.25) is 0 Å². The molecule has 0 saturated carbocycles. The SMILES string of the molecule is CC(C)(C)OC(=O)[C@@H]1CCCN1C[C@H](O)[C@@H](Cc1ccc(F)cc1)NC(=O)OCc1ccccc1. The molecule has 0 spiro atoms. The molecule has 0 unspecified atom stereocenters. The fraction of sp³-hybridized carbons (Fsp3) is 0.481. The summed E-state index contributed by atoms with van der Waals surface area (Å²) < 4.78 is 24.3. The molecule has 7 nitrogen and oxygen atoms in total. The third kappa shape index (κ3) is 8.64. The number of amides is 1. The highest BCUT2D eigenvalue weighted by Gasteiger charge is 2.36. The van der Waals surface area contributed by atoms with Gasteiger partial charge in [-0.2, -0.15) is 0 Å². The van der Waals surface area contributed by atoms with E-state index in [0.717, 1.165) is 17.5 Å². The van der Waals surface area contributed by atoms with E-state index in [1.807, 2.05) is 56.0 Å². The highest BCUT2D eigenvalue weighted by Crippen LogP contribution is 2.22. The normalized spacial score (nSPS) is 18.0. The number of carbonyl (C=O) groups excluding carboxylic acids is 2. The zero-order chi connectivity index (χ0) is 25.4. The average molecular weight is 487 g/mol. The monoisotopic (exact) mass is 486 g/mol. The molecule has 1 aliphatic rings. The molecule has 1 amide bonds. The molecule has 35 heavy (non-hydrogen) atoms. The summed E-state index contributed by atoms with van der Waals surface area (Å²) >= 11 is 0. The standard InChI is InChI=1S/C27H35FN2O5/c1-27(2,3)35-25(32)23-10-7-15-30(23)17-24(31)22(16-19-11-13-21(28)14-12-19)29-26(33)34-18-20-8-5-4-6-9-20/h4-6,8-9,11-14,22-24,31H,7,10,15-18H2,1-3H3,(H,29,33)/t22-,23+,24+/m1/s1. The summed E-state index contributed by atoms with van der Waals surface area (Å²) in [7, 11) is 0. The van der Waals surface area contributed by atoms with Gasteiger partial charge in [0, 0.05) is 6.54 Å². The molecule has 0 bridgehead atoms. The molecular weight excluding hydrogens is 451 g/mol. The largest absolute Gasteiger partial charge is 0.459 e. The second-order valence-corrected chi connectivity index (χ2v) is 9.90. The lowest BCUT2D eigenvalue weighted by Gasteiger charge is -2.31. The lowest BCUT2D eigenvalue weighted by atomic mass is 10.0. The van der Waals surface area contributed by atoms with Crippen LogP contribution in [0, 0.1) is 5.82 Å². The van der Waals surface area contributed by atoms with E-state index in [4.69, 9.17) is 9.47 Å². The lowest BCUT2D eigenvalue weighted by molar-refractivity contribution is -0.160. The minimum atomic E-state index is -0.993. The average Bonchev–Trinajstić information content (AvgIpc) is 3.26. The number of nitrogens with one attached hydrogen (secondary N) is 1. The van der Waals surface area contributed by atoms with Gasteiger partial charge in [-0.3, -0.25) is 9.69 Å². The van der Waals surface area contributed by atoms with Crippen molar-refractivity contribution < 1.29 is 28.6 Å². The van der Waals surface area contributed by atoms with Gasteiger partial charge in [-0.25, -0.2) is 9.18 Å². The number of hydrogen-bond acceptors (Lipinski definition) is 6. The molecule has 1 heterocycles. The predicted octanol–water partition coefficient (Wildman–Crippen LogP) is 3.83. The lowest BCUT2D eigenvalue weighted by Crippen LogP contribution is -2.51. The number of alkyl carbamates (subject to hydrolysis) is 1. The van der Waals surface area contributed by atoms with Gasteiger partial charge >= 0.3 is 12.1 Å². The number of benzene rings is 2. The van der Waals surface area contributed by atoms with Gasteiger partial charge in [0.1, 0.15) is 24.1 Å². The second kappa shape index (κ2) is 12.1. The first-order valence-electron chi connectivity index (χ1n) is 12.0. The highest BCUT2D eigenvalue weighted by molar-refractivity contribution is 5.76. The minimum Gasteiger partial charge on any atom is -0.459 e. The Morgan fingerprint density at radius 1 is 1.11 bits per heavy atom. The first-order chi connectivity index (χ1) is 16.6. The fourth-order valence-corrected chi connectivity index (χ4v) is 4.12. The van der Waals surface area contributed by atoms with E-state index < -0.39 is 29.9 Å². The van der Waals surface area contributed by atoms with Crippen molar-refractivity contribution in [3.63, 3.8) is 0 Å². The van der Waals surface area contributed by atoms with Crippen molar-refractivity contribution in [2.45, 2.75) is 70.4 Å². The van der Waals surface area contributed by atoms with Crippen molar-refractivity contribution >= 4 is 12.1 Å². The van der Waals surface area contributed by atoms with Crippen LogP contribution in [0.25, 0.3) is 0 Å². The van der Waals surface area contributed by atoms with Gasteiger partial charge in [-0.1, -0.05) is 42.5 Å². The number of halogens is 1. The molecule has 1 fully saturated rings. The van der Waals surface area contributed by atoms with Crippen molar-refractivity contribution in [1.29, 1.82) is 0 Å². The molecular formula is C27H35FN2O5. The Labute approximate surface area is 206 Å². The third-order valence-electron chi connectivity index (χ3n) is 5.81. The molecule has 0 aliphatic carbocycles. The molecule has 0 radical (unpaired) electrons. The molecule has 1 aliphatic heterocycles. The van der Waals surface area contributed by atoms with Crippen LogP contribution in [0.15, 0.2) is 54.6 Å². The van der Waals surface area contributed by atoms with Crippen molar-refractivity contribution in [2.75, 3.05) is 13.1 Å². The second-order valence-electron chi connectivity index (χ2n) is 9.90. The quantitative estimate of drug-likeness (QED) is 0.524. The van der Waals surface area contributed by atoms with E-state index >= 15 is 0 Å². The predicted molar refractivity (Wildman–Crippen MR) is 130 cm³/mol. The summed E-state index contributed by atoms with van der Waals surface area (Å²) in [4.78, 5) is 27.1. The Bertz CT molecular complexity index is 962. The summed E-state index contributed by atoms with van der Waals surface area (Å²) in [6, 6.07) is 14.0. The molecule has 0 aromatic heterocycles.